The number of amides is 2. The van der Waals surface area contributed by atoms with Crippen LogP contribution in [0.3, 0.4) is 0 Å². The van der Waals surface area contributed by atoms with Crippen molar-refractivity contribution in [3.05, 3.63) is 64.2 Å². The van der Waals surface area contributed by atoms with E-state index in [1.807, 2.05) is 55.1 Å². The maximum absolute atomic E-state index is 12.7. The Kier molecular flexibility index (Phi) is 4.83. The monoisotopic (exact) mass is 346 g/mol. The Bertz CT molecular complexity index is 735. The van der Waals surface area contributed by atoms with E-state index in [4.69, 9.17) is 11.6 Å². The first-order chi connectivity index (χ1) is 11.1. The zero-order valence-electron chi connectivity index (χ0n) is 13.2. The molecule has 3 nitrogen and oxygen atoms in total. The molecule has 1 N–H and O–H groups in total. The van der Waals surface area contributed by atoms with Gasteiger partial charge < -0.3 is 10.2 Å². The van der Waals surface area contributed by atoms with E-state index in [0.29, 0.717) is 5.02 Å². The molecular formula is C18H19ClN2OS. The van der Waals surface area contributed by atoms with Crippen LogP contribution >= 0.6 is 23.4 Å². The average molecular weight is 347 g/mol. The highest BCUT2D eigenvalue weighted by Crippen LogP contribution is 2.41. The number of hydrogen-bond acceptors (Lipinski definition) is 2. The van der Waals surface area contributed by atoms with Crippen LogP contribution in [0.2, 0.25) is 5.02 Å². The molecule has 0 saturated carbocycles. The summed E-state index contributed by atoms with van der Waals surface area (Å²) in [6, 6.07) is 13.7. The molecule has 5 heteroatoms. The van der Waals surface area contributed by atoms with E-state index >= 15 is 0 Å². The average Bonchev–Trinajstić information content (AvgIpc) is 3.00. The molecule has 2 aromatic carbocycles. The largest absolute Gasteiger partial charge is 0.323 e. The first-order valence-corrected chi connectivity index (χ1v) is 9.00. The fourth-order valence-electron chi connectivity index (χ4n) is 2.75. The normalized spacial score (nSPS) is 17.3. The number of carbonyl (C=O) groups is 1. The van der Waals surface area contributed by atoms with Gasteiger partial charge in [0.2, 0.25) is 0 Å². The summed E-state index contributed by atoms with van der Waals surface area (Å²) in [4.78, 5) is 14.6. The molecule has 0 aliphatic carbocycles. The van der Waals surface area contributed by atoms with Crippen LogP contribution in [-0.4, -0.2) is 23.2 Å². The van der Waals surface area contributed by atoms with Crippen molar-refractivity contribution in [1.29, 1.82) is 0 Å². The fraction of sp³-hybridized carbons (Fsp3) is 0.278. The Hall–Kier alpha value is -1.65. The highest BCUT2D eigenvalue weighted by atomic mass is 35.5. The predicted molar refractivity (Wildman–Crippen MR) is 98.3 cm³/mol. The lowest BCUT2D eigenvalue weighted by atomic mass is 10.1. The third-order valence-corrected chi connectivity index (χ3v) is 5.53. The zero-order valence-corrected chi connectivity index (χ0v) is 14.7. The Morgan fingerprint density at radius 3 is 2.78 bits per heavy atom. The first kappa shape index (κ1) is 16.2. The molecule has 0 bridgehead atoms. The Morgan fingerprint density at radius 1 is 1.26 bits per heavy atom. The summed E-state index contributed by atoms with van der Waals surface area (Å²) in [6.45, 7) is 4.77. The minimum absolute atomic E-state index is 0.0329. The molecule has 1 saturated heterocycles. The molecule has 0 aromatic heterocycles. The van der Waals surface area contributed by atoms with Gasteiger partial charge in [-0.2, -0.15) is 0 Å². The van der Waals surface area contributed by atoms with Crippen molar-refractivity contribution >= 4 is 35.1 Å². The number of halogens is 1. The van der Waals surface area contributed by atoms with Gasteiger partial charge in [0.05, 0.1) is 0 Å². The van der Waals surface area contributed by atoms with Crippen LogP contribution in [0.15, 0.2) is 42.5 Å². The molecular weight excluding hydrogens is 328 g/mol. The molecule has 1 aliphatic rings. The first-order valence-electron chi connectivity index (χ1n) is 7.57. The molecule has 3 rings (SSSR count). The summed E-state index contributed by atoms with van der Waals surface area (Å²) in [5.74, 6) is 0.913. The summed E-state index contributed by atoms with van der Waals surface area (Å²) in [5.41, 5.74) is 4.11. The molecule has 2 amide bonds. The van der Waals surface area contributed by atoms with Gasteiger partial charge >= 0.3 is 6.03 Å². The second kappa shape index (κ2) is 6.85. The van der Waals surface area contributed by atoms with E-state index in [-0.39, 0.29) is 11.4 Å². The Labute approximate surface area is 146 Å². The van der Waals surface area contributed by atoms with Gasteiger partial charge in [0, 0.05) is 28.6 Å². The number of thioether (sulfide) groups is 1. The molecule has 1 unspecified atom stereocenters. The number of hydrogen-bond donors (Lipinski definition) is 1. The van der Waals surface area contributed by atoms with Crippen molar-refractivity contribution in [3.8, 4) is 0 Å². The highest BCUT2D eigenvalue weighted by Gasteiger charge is 2.32. The quantitative estimate of drug-likeness (QED) is 0.806. The van der Waals surface area contributed by atoms with E-state index < -0.39 is 0 Å². The molecule has 2 aromatic rings. The van der Waals surface area contributed by atoms with E-state index in [0.717, 1.165) is 29.1 Å². The van der Waals surface area contributed by atoms with Gasteiger partial charge in [0.15, 0.2) is 0 Å². The van der Waals surface area contributed by atoms with Crippen LogP contribution in [-0.2, 0) is 0 Å². The van der Waals surface area contributed by atoms with Crippen molar-refractivity contribution in [1.82, 2.24) is 4.90 Å². The van der Waals surface area contributed by atoms with Gasteiger partial charge in [0.25, 0.3) is 0 Å². The molecule has 1 atom stereocenters. The molecule has 23 heavy (non-hydrogen) atoms. The van der Waals surface area contributed by atoms with Gasteiger partial charge in [-0.15, -0.1) is 11.8 Å². The summed E-state index contributed by atoms with van der Waals surface area (Å²) >= 11 is 8.05. The number of nitrogens with zero attached hydrogens (tertiary/aromatic N) is 1. The van der Waals surface area contributed by atoms with Crippen molar-refractivity contribution < 1.29 is 4.79 Å². The van der Waals surface area contributed by atoms with E-state index in [9.17, 15) is 4.79 Å². The highest BCUT2D eigenvalue weighted by molar-refractivity contribution is 7.99. The lowest BCUT2D eigenvalue weighted by Gasteiger charge is -2.25. The van der Waals surface area contributed by atoms with E-state index in [2.05, 4.69) is 11.4 Å². The van der Waals surface area contributed by atoms with Gasteiger partial charge in [-0.25, -0.2) is 4.79 Å². The van der Waals surface area contributed by atoms with E-state index in [1.54, 1.807) is 11.8 Å². The van der Waals surface area contributed by atoms with Gasteiger partial charge in [-0.1, -0.05) is 47.5 Å². The second-order valence-corrected chi connectivity index (χ2v) is 7.28. The fourth-order valence-corrected chi connectivity index (χ4v) is 4.35. The third kappa shape index (κ3) is 3.48. The molecule has 120 valence electrons. The maximum atomic E-state index is 12.7. The van der Waals surface area contributed by atoms with Gasteiger partial charge in [0.1, 0.15) is 5.37 Å². The SMILES string of the molecule is Cc1ccc(NC(=O)N2CCSC2c2ccccc2Cl)c(C)c1. The standard InChI is InChI=1S/C18H19ClN2OS/c1-12-7-8-16(13(2)11-12)20-18(22)21-9-10-23-17(21)14-5-3-4-6-15(14)19/h3-8,11,17H,9-10H2,1-2H3,(H,20,22). The lowest BCUT2D eigenvalue weighted by Crippen LogP contribution is -2.34. The number of carbonyl (C=O) groups excluding carboxylic acids is 1. The van der Waals surface area contributed by atoms with Crippen LogP contribution in [0.4, 0.5) is 10.5 Å². The van der Waals surface area contributed by atoms with E-state index in [1.165, 1.54) is 5.56 Å². The van der Waals surface area contributed by atoms with Crippen LogP contribution in [0.5, 0.6) is 0 Å². The number of rotatable bonds is 2. The number of benzene rings is 2. The van der Waals surface area contributed by atoms with Gasteiger partial charge in [-0.05, 0) is 31.5 Å². The minimum Gasteiger partial charge on any atom is -0.308 e. The molecule has 1 aliphatic heterocycles. The summed E-state index contributed by atoms with van der Waals surface area (Å²) in [6.07, 6.45) is 0. The number of aryl methyl sites for hydroxylation is 2. The minimum atomic E-state index is -0.0770. The predicted octanol–water partition coefficient (Wildman–Crippen LogP) is 5.24. The summed E-state index contributed by atoms with van der Waals surface area (Å²) in [5, 5.41) is 3.70. The van der Waals surface area contributed by atoms with Crippen molar-refractivity contribution in [2.45, 2.75) is 19.2 Å². The zero-order chi connectivity index (χ0) is 16.4. The second-order valence-electron chi connectivity index (χ2n) is 5.69. The Morgan fingerprint density at radius 2 is 2.04 bits per heavy atom. The smallest absolute Gasteiger partial charge is 0.308 e. The number of nitrogens with one attached hydrogen (secondary N) is 1. The van der Waals surface area contributed by atoms with Crippen LogP contribution in [0.25, 0.3) is 0 Å². The van der Waals surface area contributed by atoms with Crippen molar-refractivity contribution in [2.24, 2.45) is 0 Å². The number of anilines is 1. The summed E-state index contributed by atoms with van der Waals surface area (Å²) in [7, 11) is 0. The van der Waals surface area contributed by atoms with Crippen molar-refractivity contribution in [3.63, 3.8) is 0 Å². The van der Waals surface area contributed by atoms with Crippen molar-refractivity contribution in [2.75, 3.05) is 17.6 Å². The molecule has 0 radical (unpaired) electrons. The van der Waals surface area contributed by atoms with Crippen LogP contribution in [0.1, 0.15) is 22.1 Å². The van der Waals surface area contributed by atoms with Crippen LogP contribution in [0, 0.1) is 13.8 Å². The molecule has 1 heterocycles. The topological polar surface area (TPSA) is 32.3 Å². The van der Waals surface area contributed by atoms with Crippen LogP contribution < -0.4 is 5.32 Å². The summed E-state index contributed by atoms with van der Waals surface area (Å²) < 4.78 is 0. The molecule has 1 fully saturated rings. The number of urea groups is 1. The lowest BCUT2D eigenvalue weighted by molar-refractivity contribution is 0.214. The van der Waals surface area contributed by atoms with Gasteiger partial charge in [-0.3, -0.25) is 0 Å². The molecule has 0 spiro atoms. The Balaban J connectivity index is 1.80. The maximum Gasteiger partial charge on any atom is 0.323 e. The third-order valence-electron chi connectivity index (χ3n) is 3.95.